The van der Waals surface area contributed by atoms with Gasteiger partial charge in [-0.2, -0.15) is 9.61 Å². The molecule has 0 aliphatic carbocycles. The summed E-state index contributed by atoms with van der Waals surface area (Å²) in [7, 11) is 0.181. The molecule has 2 atom stereocenters. The van der Waals surface area contributed by atoms with Crippen molar-refractivity contribution in [1.29, 1.82) is 0 Å². The van der Waals surface area contributed by atoms with Crippen molar-refractivity contribution >= 4 is 38.9 Å². The highest BCUT2D eigenvalue weighted by molar-refractivity contribution is 7.92. The maximum atomic E-state index is 14.1. The first-order chi connectivity index (χ1) is 19.4. The van der Waals surface area contributed by atoms with Crippen molar-refractivity contribution in [3.63, 3.8) is 0 Å². The van der Waals surface area contributed by atoms with E-state index in [1.54, 1.807) is 24.1 Å². The first-order valence-corrected chi connectivity index (χ1v) is 16.2. The monoisotopic (exact) mass is 582 g/mol. The van der Waals surface area contributed by atoms with Crippen LogP contribution in [0.1, 0.15) is 65.8 Å². The molecule has 41 heavy (non-hydrogen) atoms. The molecular weight excluding hydrogens is 540 g/mol. The van der Waals surface area contributed by atoms with Gasteiger partial charge in [0.05, 0.1) is 29.2 Å². The Kier molecular flexibility index (Phi) is 7.90. The molecule has 2 N–H and O–H groups in total. The number of nitrogens with zero attached hydrogens (tertiary/aromatic N) is 7. The van der Waals surface area contributed by atoms with Gasteiger partial charge in [-0.25, -0.2) is 13.4 Å². The molecule has 4 heterocycles. The van der Waals surface area contributed by atoms with Crippen LogP contribution in [0.2, 0.25) is 0 Å². The lowest BCUT2D eigenvalue weighted by molar-refractivity contribution is 0.0723. The van der Waals surface area contributed by atoms with Crippen LogP contribution < -0.4 is 19.8 Å². The molecule has 2 aliphatic heterocycles. The third-order valence-corrected chi connectivity index (χ3v) is 9.54. The quantitative estimate of drug-likeness (QED) is 0.500. The number of anilines is 3. The molecule has 2 unspecified atom stereocenters. The number of hydrogen-bond acceptors (Lipinski definition) is 8. The van der Waals surface area contributed by atoms with Gasteiger partial charge in [0, 0.05) is 57.9 Å². The molecule has 1 amide bonds. The number of fused-ring (bicyclic) bond motifs is 2. The van der Waals surface area contributed by atoms with Crippen LogP contribution in [-0.4, -0.2) is 86.4 Å². The molecule has 2 aromatic heterocycles. The molecule has 1 aromatic carbocycles. The predicted octanol–water partition coefficient (Wildman–Crippen LogP) is 3.10. The number of aromatic nitrogens is 3. The number of benzene rings is 1. The zero-order chi connectivity index (χ0) is 29.6. The molecule has 0 spiro atoms. The molecular formula is C29H42N8O3S. The first kappa shape index (κ1) is 29.1. The lowest BCUT2D eigenvalue weighted by Crippen LogP contribution is -2.36. The maximum absolute atomic E-state index is 14.1. The Balaban J connectivity index is 1.68. The second kappa shape index (κ2) is 11.1. The van der Waals surface area contributed by atoms with E-state index < -0.39 is 10.0 Å². The van der Waals surface area contributed by atoms with Crippen molar-refractivity contribution < 1.29 is 13.2 Å². The standard InChI is InChI=1S/C29H42N8O3S/c1-7-24-23-17-26-31-27(35-15-12-21(30)18-35)20(3)28(37(26)32-23)33(4)13-8-9-14-36(41(6,39)40)25-11-10-19(2)16-22(25)29(38)34(24)5/h10-11,16-17,21,24H,7-9,12-15,18,30H2,1-6H3. The average Bonchev–Trinajstić information content (AvgIpc) is 3.53. The van der Waals surface area contributed by atoms with Gasteiger partial charge in [0.15, 0.2) is 5.65 Å². The van der Waals surface area contributed by atoms with Crippen LogP contribution >= 0.6 is 0 Å². The second-order valence-corrected chi connectivity index (χ2v) is 13.4. The lowest BCUT2D eigenvalue weighted by atomic mass is 10.0. The zero-order valence-electron chi connectivity index (χ0n) is 25.0. The highest BCUT2D eigenvalue weighted by Crippen LogP contribution is 2.34. The van der Waals surface area contributed by atoms with Crippen molar-refractivity contribution in [2.75, 3.05) is 60.6 Å². The Morgan fingerprint density at radius 1 is 1.07 bits per heavy atom. The van der Waals surface area contributed by atoms with Crippen molar-refractivity contribution in [3.8, 4) is 0 Å². The van der Waals surface area contributed by atoms with Gasteiger partial charge >= 0.3 is 0 Å². The summed E-state index contributed by atoms with van der Waals surface area (Å²) in [6.07, 6.45) is 4.12. The molecule has 1 saturated heterocycles. The van der Waals surface area contributed by atoms with E-state index in [-0.39, 0.29) is 24.5 Å². The molecule has 3 aromatic rings. The van der Waals surface area contributed by atoms with Crippen molar-refractivity contribution in [1.82, 2.24) is 19.5 Å². The topological polar surface area (TPSA) is 120 Å². The number of carbonyl (C=O) groups excluding carboxylic acids is 1. The fourth-order valence-electron chi connectivity index (χ4n) is 6.20. The molecule has 11 nitrogen and oxygen atoms in total. The predicted molar refractivity (Wildman–Crippen MR) is 164 cm³/mol. The zero-order valence-corrected chi connectivity index (χ0v) is 25.8. The second-order valence-electron chi connectivity index (χ2n) is 11.5. The highest BCUT2D eigenvalue weighted by Gasteiger charge is 2.31. The molecule has 0 radical (unpaired) electrons. The van der Waals surface area contributed by atoms with Gasteiger partial charge in [-0.3, -0.25) is 9.10 Å². The van der Waals surface area contributed by atoms with Crippen LogP contribution in [0.4, 0.5) is 17.3 Å². The summed E-state index contributed by atoms with van der Waals surface area (Å²) in [6, 6.07) is 7.14. The van der Waals surface area contributed by atoms with Gasteiger partial charge < -0.3 is 20.4 Å². The van der Waals surface area contributed by atoms with Crippen LogP contribution in [-0.2, 0) is 10.0 Å². The summed E-state index contributed by atoms with van der Waals surface area (Å²) in [5, 5.41) is 5.03. The number of carbonyl (C=O) groups is 1. The third-order valence-electron chi connectivity index (χ3n) is 8.36. The summed E-state index contributed by atoms with van der Waals surface area (Å²) >= 11 is 0. The fraction of sp³-hybridized carbons (Fsp3) is 0.552. The van der Waals surface area contributed by atoms with Gasteiger partial charge in [-0.1, -0.05) is 18.6 Å². The number of amides is 1. The van der Waals surface area contributed by atoms with Crippen LogP contribution in [0.5, 0.6) is 0 Å². The molecule has 2 bridgehead atoms. The SMILES string of the molecule is CCC1c2cc3nc(N4CCC(N)C4)c(C)c(n3n2)N(C)CCCCN(S(C)(=O)=O)c2ccc(C)cc2C(=O)N1C. The Morgan fingerprint density at radius 2 is 1.80 bits per heavy atom. The van der Waals surface area contributed by atoms with Crippen LogP contribution in [0.25, 0.3) is 5.65 Å². The summed E-state index contributed by atoms with van der Waals surface area (Å²) in [5.74, 6) is 1.60. The highest BCUT2D eigenvalue weighted by atomic mass is 32.2. The van der Waals surface area contributed by atoms with Crippen molar-refractivity contribution in [3.05, 3.63) is 46.6 Å². The van der Waals surface area contributed by atoms with Gasteiger partial charge in [-0.15, -0.1) is 0 Å². The summed E-state index contributed by atoms with van der Waals surface area (Å²) in [4.78, 5) is 25.2. The van der Waals surface area contributed by atoms with Gasteiger partial charge in [0.1, 0.15) is 11.6 Å². The largest absolute Gasteiger partial charge is 0.359 e. The van der Waals surface area contributed by atoms with Gasteiger partial charge in [-0.05, 0) is 51.7 Å². The van der Waals surface area contributed by atoms with Gasteiger partial charge in [0.2, 0.25) is 10.0 Å². The molecule has 1 fully saturated rings. The van der Waals surface area contributed by atoms with E-state index in [0.717, 1.165) is 60.0 Å². The smallest absolute Gasteiger partial charge is 0.256 e. The maximum Gasteiger partial charge on any atom is 0.256 e. The third kappa shape index (κ3) is 5.46. The van der Waals surface area contributed by atoms with Crippen molar-refractivity contribution in [2.45, 2.75) is 58.5 Å². The number of hydrogen-bond donors (Lipinski definition) is 1. The number of aryl methyl sites for hydroxylation is 1. The summed E-state index contributed by atoms with van der Waals surface area (Å²) in [5.41, 5.74) is 10.4. The lowest BCUT2D eigenvalue weighted by Gasteiger charge is -2.29. The van der Waals surface area contributed by atoms with E-state index in [4.69, 9.17) is 15.8 Å². The van der Waals surface area contributed by atoms with E-state index in [9.17, 15) is 13.2 Å². The Hall–Kier alpha value is -3.38. The van der Waals surface area contributed by atoms with Crippen LogP contribution in [0, 0.1) is 13.8 Å². The van der Waals surface area contributed by atoms with E-state index in [1.165, 1.54) is 10.6 Å². The number of rotatable bonds is 3. The molecule has 5 rings (SSSR count). The molecule has 0 saturated carbocycles. The van der Waals surface area contributed by atoms with E-state index in [0.29, 0.717) is 30.6 Å². The van der Waals surface area contributed by atoms with E-state index in [2.05, 4.69) is 16.7 Å². The minimum Gasteiger partial charge on any atom is -0.359 e. The Bertz CT molecular complexity index is 1570. The first-order valence-electron chi connectivity index (χ1n) is 14.4. The minimum atomic E-state index is -3.62. The summed E-state index contributed by atoms with van der Waals surface area (Å²) in [6.45, 7) is 8.59. The van der Waals surface area contributed by atoms with Gasteiger partial charge in [0.25, 0.3) is 5.91 Å². The Labute approximate surface area is 243 Å². The molecule has 12 heteroatoms. The Morgan fingerprint density at radius 3 is 2.46 bits per heavy atom. The average molecular weight is 583 g/mol. The normalized spacial score (nSPS) is 21.0. The molecule has 2 aliphatic rings. The minimum absolute atomic E-state index is 0.119. The number of nitrogens with two attached hydrogens (primary N) is 1. The fourth-order valence-corrected chi connectivity index (χ4v) is 7.18. The van der Waals surface area contributed by atoms with E-state index in [1.807, 2.05) is 37.5 Å². The summed E-state index contributed by atoms with van der Waals surface area (Å²) < 4.78 is 29.3. The van der Waals surface area contributed by atoms with E-state index >= 15 is 0 Å². The van der Waals surface area contributed by atoms with Crippen LogP contribution in [0.15, 0.2) is 24.3 Å². The number of sulfonamides is 1. The van der Waals surface area contributed by atoms with Crippen molar-refractivity contribution in [2.24, 2.45) is 5.73 Å². The molecule has 222 valence electrons. The van der Waals surface area contributed by atoms with Crippen LogP contribution in [0.3, 0.4) is 0 Å².